The van der Waals surface area contributed by atoms with Gasteiger partial charge < -0.3 is 5.32 Å². The molecule has 0 spiro atoms. The van der Waals surface area contributed by atoms with Crippen LogP contribution in [-0.2, 0) is 24.3 Å². The quantitative estimate of drug-likeness (QED) is 0.420. The summed E-state index contributed by atoms with van der Waals surface area (Å²) < 4.78 is 6.34. The number of benzene rings is 1. The van der Waals surface area contributed by atoms with Crippen LogP contribution in [-0.4, -0.2) is 51.0 Å². The first-order valence-corrected chi connectivity index (χ1v) is 11.7. The molecule has 34 heavy (non-hydrogen) atoms. The van der Waals surface area contributed by atoms with E-state index in [-0.39, 0.29) is 22.6 Å². The Balaban J connectivity index is 1.54. The van der Waals surface area contributed by atoms with Crippen LogP contribution >= 0.6 is 11.8 Å². The van der Waals surface area contributed by atoms with Crippen molar-refractivity contribution in [2.75, 3.05) is 11.1 Å². The normalized spacial score (nSPS) is 11.7. The van der Waals surface area contributed by atoms with E-state index in [9.17, 15) is 9.59 Å². The molecular weight excluding hydrogens is 454 g/mol. The van der Waals surface area contributed by atoms with Crippen molar-refractivity contribution in [2.24, 2.45) is 14.1 Å². The number of nitrogens with one attached hydrogen (secondary N) is 1. The number of thioether (sulfide) groups is 1. The van der Waals surface area contributed by atoms with E-state index in [0.717, 1.165) is 23.1 Å². The molecule has 3 heterocycles. The Bertz CT molecular complexity index is 1390. The van der Waals surface area contributed by atoms with Gasteiger partial charge >= 0.3 is 0 Å². The molecule has 0 saturated heterocycles. The highest BCUT2D eigenvalue weighted by molar-refractivity contribution is 7.99. The van der Waals surface area contributed by atoms with Gasteiger partial charge in [0, 0.05) is 25.6 Å². The molecule has 3 aromatic heterocycles. The lowest BCUT2D eigenvalue weighted by molar-refractivity contribution is -0.113. The average Bonchev–Trinajstić information content (AvgIpc) is 3.45. The third-order valence-electron chi connectivity index (χ3n) is 5.42. The number of amides is 1. The minimum Gasteiger partial charge on any atom is -0.310 e. The van der Waals surface area contributed by atoms with Crippen molar-refractivity contribution in [2.45, 2.75) is 38.3 Å². The fraction of sp³-hybridized carbons (Fsp3) is 0.364. The van der Waals surface area contributed by atoms with Crippen molar-refractivity contribution in [3.8, 4) is 11.4 Å². The van der Waals surface area contributed by atoms with Crippen LogP contribution < -0.4 is 10.9 Å². The number of aromatic nitrogens is 8. The summed E-state index contributed by atoms with van der Waals surface area (Å²) in [5.74, 6) is 0.448. The number of tetrazole rings is 1. The molecule has 4 rings (SSSR count). The largest absolute Gasteiger partial charge is 0.310 e. The lowest BCUT2D eigenvalue weighted by Crippen LogP contribution is -2.22. The number of hydrogen-bond donors (Lipinski definition) is 1. The van der Waals surface area contributed by atoms with Gasteiger partial charge in [-0.2, -0.15) is 9.78 Å². The number of aryl methyl sites for hydroxylation is 1. The Morgan fingerprint density at radius 2 is 1.85 bits per heavy atom. The molecule has 12 heteroatoms. The molecule has 0 aliphatic carbocycles. The summed E-state index contributed by atoms with van der Waals surface area (Å²) in [5, 5.41) is 19.5. The van der Waals surface area contributed by atoms with E-state index in [4.69, 9.17) is 0 Å². The Morgan fingerprint density at radius 1 is 1.15 bits per heavy atom. The third-order valence-corrected chi connectivity index (χ3v) is 6.34. The highest BCUT2D eigenvalue weighted by atomic mass is 32.2. The Kier molecular flexibility index (Phi) is 6.17. The van der Waals surface area contributed by atoms with Gasteiger partial charge in [0.05, 0.1) is 22.8 Å². The van der Waals surface area contributed by atoms with Crippen LogP contribution in [0, 0.1) is 6.92 Å². The molecule has 0 unspecified atom stereocenters. The Hall–Kier alpha value is -3.67. The summed E-state index contributed by atoms with van der Waals surface area (Å²) in [7, 11) is 3.59. The third kappa shape index (κ3) is 4.40. The van der Waals surface area contributed by atoms with Crippen molar-refractivity contribution in [3.63, 3.8) is 0 Å². The molecule has 0 aliphatic heterocycles. The number of para-hydroxylation sites is 1. The predicted molar refractivity (Wildman–Crippen MR) is 130 cm³/mol. The first kappa shape index (κ1) is 23.5. The van der Waals surface area contributed by atoms with E-state index in [0.29, 0.717) is 22.4 Å². The van der Waals surface area contributed by atoms with Gasteiger partial charge in [0.1, 0.15) is 5.82 Å². The number of anilines is 1. The first-order chi connectivity index (χ1) is 16.1. The van der Waals surface area contributed by atoms with Crippen molar-refractivity contribution < 1.29 is 4.79 Å². The predicted octanol–water partition coefficient (Wildman–Crippen LogP) is 2.22. The van der Waals surface area contributed by atoms with Gasteiger partial charge in [-0.3, -0.25) is 19.0 Å². The van der Waals surface area contributed by atoms with Gasteiger partial charge in [-0.15, -0.1) is 5.10 Å². The summed E-state index contributed by atoms with van der Waals surface area (Å²) in [6, 6.07) is 11.2. The zero-order valence-electron chi connectivity index (χ0n) is 20.0. The van der Waals surface area contributed by atoms with Crippen LogP contribution in [0.3, 0.4) is 0 Å². The second-order valence-corrected chi connectivity index (χ2v) is 9.85. The molecule has 0 saturated carbocycles. The summed E-state index contributed by atoms with van der Waals surface area (Å²) in [6.45, 7) is 8.02. The van der Waals surface area contributed by atoms with Crippen LogP contribution in [0.25, 0.3) is 11.4 Å². The van der Waals surface area contributed by atoms with Crippen molar-refractivity contribution >= 4 is 23.5 Å². The molecule has 4 aromatic rings. The topological polar surface area (TPSA) is 117 Å². The average molecular weight is 482 g/mol. The van der Waals surface area contributed by atoms with E-state index in [1.807, 2.05) is 43.3 Å². The molecule has 0 radical (unpaired) electrons. The summed E-state index contributed by atoms with van der Waals surface area (Å²) in [6.07, 6.45) is 0. The summed E-state index contributed by atoms with van der Waals surface area (Å²) in [4.78, 5) is 25.9. The maximum absolute atomic E-state index is 13.3. The monoisotopic (exact) mass is 481 g/mol. The Labute approximate surface area is 200 Å². The molecule has 0 fully saturated rings. The summed E-state index contributed by atoms with van der Waals surface area (Å²) in [5.41, 5.74) is 2.26. The van der Waals surface area contributed by atoms with Gasteiger partial charge in [0.2, 0.25) is 11.1 Å². The molecular formula is C22H27N9O2S. The molecule has 1 amide bonds. The standard InChI is InChI=1S/C22H27N9O2S/c1-14-19(20(33)31(29(14)6)15-10-8-7-9-11-15)30-21(24-26-27-30)34-13-18(32)23-17-12-16(22(2,3)4)25-28(17)5/h7-12H,13H2,1-6H3,(H,23,32). The maximum Gasteiger partial charge on any atom is 0.297 e. The molecule has 1 aromatic carbocycles. The molecule has 11 nitrogen and oxygen atoms in total. The lowest BCUT2D eigenvalue weighted by atomic mass is 9.92. The van der Waals surface area contributed by atoms with Gasteiger partial charge in [-0.25, -0.2) is 4.68 Å². The molecule has 0 bridgehead atoms. The van der Waals surface area contributed by atoms with Crippen molar-refractivity contribution in [1.82, 2.24) is 39.4 Å². The van der Waals surface area contributed by atoms with Crippen LogP contribution in [0.2, 0.25) is 0 Å². The number of nitrogens with zero attached hydrogens (tertiary/aromatic N) is 8. The zero-order chi connectivity index (χ0) is 24.6. The van der Waals surface area contributed by atoms with E-state index in [2.05, 4.69) is 46.7 Å². The van der Waals surface area contributed by atoms with E-state index >= 15 is 0 Å². The van der Waals surface area contributed by atoms with Crippen LogP contribution in [0.4, 0.5) is 5.82 Å². The molecule has 0 aliphatic rings. The minimum atomic E-state index is -0.255. The van der Waals surface area contributed by atoms with E-state index in [1.165, 1.54) is 4.68 Å². The van der Waals surface area contributed by atoms with Crippen LogP contribution in [0.5, 0.6) is 0 Å². The highest BCUT2D eigenvalue weighted by Crippen LogP contribution is 2.24. The number of carbonyl (C=O) groups excluding carboxylic acids is 1. The fourth-order valence-corrected chi connectivity index (χ4v) is 4.14. The van der Waals surface area contributed by atoms with Gasteiger partial charge in [-0.05, 0) is 29.5 Å². The number of rotatable bonds is 6. The first-order valence-electron chi connectivity index (χ1n) is 10.7. The van der Waals surface area contributed by atoms with Crippen LogP contribution in [0.1, 0.15) is 32.2 Å². The molecule has 178 valence electrons. The minimum absolute atomic E-state index is 0.0646. The fourth-order valence-electron chi connectivity index (χ4n) is 3.47. The number of carbonyl (C=O) groups is 1. The second kappa shape index (κ2) is 8.93. The van der Waals surface area contributed by atoms with Crippen molar-refractivity contribution in [3.05, 3.63) is 58.1 Å². The molecule has 0 atom stereocenters. The van der Waals surface area contributed by atoms with Crippen molar-refractivity contribution in [1.29, 1.82) is 0 Å². The SMILES string of the molecule is Cc1c(-n2nnnc2SCC(=O)Nc2cc(C(C)(C)C)nn2C)c(=O)n(-c2ccccc2)n1C. The van der Waals surface area contributed by atoms with Crippen LogP contribution in [0.15, 0.2) is 46.3 Å². The second-order valence-electron chi connectivity index (χ2n) is 8.91. The zero-order valence-corrected chi connectivity index (χ0v) is 20.8. The lowest BCUT2D eigenvalue weighted by Gasteiger charge is -2.13. The Morgan fingerprint density at radius 3 is 2.50 bits per heavy atom. The van der Waals surface area contributed by atoms with Gasteiger partial charge in [0.15, 0.2) is 5.69 Å². The smallest absolute Gasteiger partial charge is 0.297 e. The van der Waals surface area contributed by atoms with E-state index < -0.39 is 0 Å². The van der Waals surface area contributed by atoms with E-state index in [1.54, 1.807) is 28.1 Å². The maximum atomic E-state index is 13.3. The van der Waals surface area contributed by atoms with Gasteiger partial charge in [-0.1, -0.05) is 50.7 Å². The molecule has 1 N–H and O–H groups in total. The number of hydrogen-bond acceptors (Lipinski definition) is 7. The highest BCUT2D eigenvalue weighted by Gasteiger charge is 2.23. The summed E-state index contributed by atoms with van der Waals surface area (Å²) >= 11 is 1.15. The van der Waals surface area contributed by atoms with Gasteiger partial charge in [0.25, 0.3) is 5.56 Å².